The van der Waals surface area contributed by atoms with Gasteiger partial charge < -0.3 is 4.90 Å². The monoisotopic (exact) mass is 388 g/mol. The summed E-state index contributed by atoms with van der Waals surface area (Å²) in [4.78, 5) is 15.1. The average molecular weight is 389 g/mol. The molecule has 3 aliphatic rings. The number of carbonyl (C=O) groups excluding carboxylic acids is 1. The van der Waals surface area contributed by atoms with Crippen molar-refractivity contribution in [1.82, 2.24) is 9.21 Å². The highest BCUT2D eigenvalue weighted by Crippen LogP contribution is 2.30. The number of rotatable bonds is 3. The Balaban J connectivity index is 1.56. The number of nitrogens with zero attached hydrogens (tertiary/aromatic N) is 2. The van der Waals surface area contributed by atoms with Crippen LogP contribution in [-0.2, 0) is 21.2 Å². The quantitative estimate of drug-likeness (QED) is 0.799. The number of benzene rings is 1. The number of amides is 1. The highest BCUT2D eigenvalue weighted by atomic mass is 32.2. The molecule has 0 bridgehead atoms. The molecular weight excluding hydrogens is 360 g/mol. The summed E-state index contributed by atoms with van der Waals surface area (Å²) in [5, 5.41) is 0. The van der Waals surface area contributed by atoms with Gasteiger partial charge in [-0.15, -0.1) is 0 Å². The van der Waals surface area contributed by atoms with Crippen molar-refractivity contribution in [2.45, 2.75) is 56.3 Å². The summed E-state index contributed by atoms with van der Waals surface area (Å²) in [6, 6.07) is 5.35. The smallest absolute Gasteiger partial charge is 0.250 e. The van der Waals surface area contributed by atoms with Crippen molar-refractivity contribution in [2.75, 3.05) is 26.2 Å². The number of likely N-dealkylation sites (tertiary alicyclic amines) is 1. The molecule has 2 heterocycles. The van der Waals surface area contributed by atoms with Crippen LogP contribution in [0.2, 0.25) is 0 Å². The number of hydrogen-bond donors (Lipinski definition) is 0. The highest BCUT2D eigenvalue weighted by molar-refractivity contribution is 7.89. The molecule has 1 amide bonds. The summed E-state index contributed by atoms with van der Waals surface area (Å²) in [6.07, 6.45) is 9.90. The van der Waals surface area contributed by atoms with Crippen LogP contribution in [0.25, 0.3) is 6.08 Å². The summed E-state index contributed by atoms with van der Waals surface area (Å²) in [6.45, 7) is 2.88. The number of piperidine rings is 1. The van der Waals surface area contributed by atoms with Crippen molar-refractivity contribution in [3.8, 4) is 0 Å². The fourth-order valence-electron chi connectivity index (χ4n) is 4.34. The van der Waals surface area contributed by atoms with Crippen LogP contribution in [0.5, 0.6) is 0 Å². The molecule has 0 radical (unpaired) electrons. The molecule has 2 saturated heterocycles. The topological polar surface area (TPSA) is 57.7 Å². The molecule has 0 unspecified atom stereocenters. The van der Waals surface area contributed by atoms with Crippen LogP contribution < -0.4 is 0 Å². The lowest BCUT2D eigenvalue weighted by Gasteiger charge is -2.27. The molecule has 1 aromatic carbocycles. The van der Waals surface area contributed by atoms with E-state index in [2.05, 4.69) is 0 Å². The van der Waals surface area contributed by atoms with Crippen LogP contribution in [0, 0.1) is 0 Å². The third-order valence-electron chi connectivity index (χ3n) is 5.95. The molecule has 0 saturated carbocycles. The second-order valence-electron chi connectivity index (χ2n) is 7.88. The van der Waals surface area contributed by atoms with Gasteiger partial charge in [0.05, 0.1) is 4.90 Å². The molecule has 146 valence electrons. The minimum Gasteiger partial charge on any atom is -0.339 e. The molecule has 0 N–H and O–H groups in total. The molecular formula is C21H28N2O3S. The second kappa shape index (κ2) is 7.76. The second-order valence-corrected chi connectivity index (χ2v) is 9.82. The Morgan fingerprint density at radius 2 is 1.48 bits per heavy atom. The first-order valence-electron chi connectivity index (χ1n) is 10.2. The summed E-state index contributed by atoms with van der Waals surface area (Å²) in [5.41, 5.74) is 2.72. The summed E-state index contributed by atoms with van der Waals surface area (Å²) in [7, 11) is -3.46. The zero-order valence-corrected chi connectivity index (χ0v) is 16.6. The molecule has 0 atom stereocenters. The van der Waals surface area contributed by atoms with Crippen LogP contribution in [-0.4, -0.2) is 49.7 Å². The fourth-order valence-corrected chi connectivity index (χ4v) is 5.89. The molecule has 1 aromatic rings. The Labute approximate surface area is 162 Å². The molecule has 1 aliphatic carbocycles. The molecule has 5 nitrogen and oxygen atoms in total. The summed E-state index contributed by atoms with van der Waals surface area (Å²) >= 11 is 0. The summed E-state index contributed by atoms with van der Waals surface area (Å²) in [5.74, 6) is 0.114. The third-order valence-corrected chi connectivity index (χ3v) is 7.84. The first kappa shape index (κ1) is 18.7. The Morgan fingerprint density at radius 1 is 0.852 bits per heavy atom. The Morgan fingerprint density at radius 3 is 2.19 bits per heavy atom. The zero-order valence-electron chi connectivity index (χ0n) is 15.8. The SMILES string of the molecule is O=C(C1=Cc2cc(S(=O)(=O)N3CCCCCC3)ccc2C1)N1CCCCC1. The molecule has 2 fully saturated rings. The predicted molar refractivity (Wildman–Crippen MR) is 106 cm³/mol. The first-order chi connectivity index (χ1) is 13.1. The van der Waals surface area contributed by atoms with Crippen molar-refractivity contribution in [2.24, 2.45) is 0 Å². The molecule has 2 aliphatic heterocycles. The van der Waals surface area contributed by atoms with Gasteiger partial charge in [-0.1, -0.05) is 18.9 Å². The van der Waals surface area contributed by atoms with Crippen LogP contribution in [0.1, 0.15) is 56.1 Å². The lowest BCUT2D eigenvalue weighted by atomic mass is 10.1. The average Bonchev–Trinajstić information content (AvgIpc) is 2.91. The van der Waals surface area contributed by atoms with E-state index in [1.165, 1.54) is 6.42 Å². The van der Waals surface area contributed by atoms with Crippen LogP contribution in [0.4, 0.5) is 0 Å². The van der Waals surface area contributed by atoms with Crippen molar-refractivity contribution < 1.29 is 13.2 Å². The van der Waals surface area contributed by atoms with Crippen LogP contribution >= 0.6 is 0 Å². The predicted octanol–water partition coefficient (Wildman–Crippen LogP) is 3.20. The lowest BCUT2D eigenvalue weighted by Crippen LogP contribution is -2.36. The number of fused-ring (bicyclic) bond motifs is 1. The maximum atomic E-state index is 13.0. The summed E-state index contributed by atoms with van der Waals surface area (Å²) < 4.78 is 27.7. The molecule has 4 rings (SSSR count). The van der Waals surface area contributed by atoms with Gasteiger partial charge in [0.25, 0.3) is 0 Å². The first-order valence-corrected chi connectivity index (χ1v) is 11.6. The molecule has 0 spiro atoms. The highest BCUT2D eigenvalue weighted by Gasteiger charge is 2.28. The number of hydrogen-bond acceptors (Lipinski definition) is 3. The van der Waals surface area contributed by atoms with E-state index in [1.807, 2.05) is 17.0 Å². The van der Waals surface area contributed by atoms with E-state index in [-0.39, 0.29) is 5.91 Å². The van der Waals surface area contributed by atoms with Gasteiger partial charge in [-0.2, -0.15) is 4.31 Å². The van der Waals surface area contributed by atoms with Crippen LogP contribution in [0.3, 0.4) is 0 Å². The van der Waals surface area contributed by atoms with E-state index in [9.17, 15) is 13.2 Å². The van der Waals surface area contributed by atoms with E-state index in [0.29, 0.717) is 24.4 Å². The Hall–Kier alpha value is -1.66. The van der Waals surface area contributed by atoms with Gasteiger partial charge in [0.2, 0.25) is 15.9 Å². The van der Waals surface area contributed by atoms with Gasteiger partial charge in [0, 0.05) is 38.2 Å². The lowest BCUT2D eigenvalue weighted by molar-refractivity contribution is -0.127. The van der Waals surface area contributed by atoms with Gasteiger partial charge >= 0.3 is 0 Å². The largest absolute Gasteiger partial charge is 0.339 e. The molecule has 27 heavy (non-hydrogen) atoms. The third kappa shape index (κ3) is 3.83. The fraction of sp³-hybridized carbons (Fsp3) is 0.571. The van der Waals surface area contributed by atoms with Gasteiger partial charge in [-0.05, 0) is 61.4 Å². The standard InChI is InChI=1S/C21H28N2O3S/c24-21(22-10-4-3-5-11-22)19-14-17-8-9-20(16-18(17)15-19)27(25,26)23-12-6-1-2-7-13-23/h8-9,15-16H,1-7,10-14H2. The van der Waals surface area contributed by atoms with Gasteiger partial charge in [-0.25, -0.2) is 8.42 Å². The van der Waals surface area contributed by atoms with E-state index in [0.717, 1.165) is 68.3 Å². The van der Waals surface area contributed by atoms with E-state index >= 15 is 0 Å². The van der Waals surface area contributed by atoms with E-state index < -0.39 is 10.0 Å². The zero-order chi connectivity index (χ0) is 18.9. The normalized spacial score (nSPS) is 21.5. The van der Waals surface area contributed by atoms with E-state index in [4.69, 9.17) is 0 Å². The molecule has 6 heteroatoms. The van der Waals surface area contributed by atoms with Gasteiger partial charge in [0.1, 0.15) is 0 Å². The number of carbonyl (C=O) groups is 1. The van der Waals surface area contributed by atoms with Crippen molar-refractivity contribution in [1.29, 1.82) is 0 Å². The van der Waals surface area contributed by atoms with E-state index in [1.54, 1.807) is 16.4 Å². The Kier molecular flexibility index (Phi) is 5.37. The number of sulfonamides is 1. The van der Waals surface area contributed by atoms with Crippen molar-refractivity contribution in [3.05, 3.63) is 34.9 Å². The maximum absolute atomic E-state index is 13.0. The Bertz CT molecular complexity index is 846. The minimum absolute atomic E-state index is 0.114. The van der Waals surface area contributed by atoms with Crippen LogP contribution in [0.15, 0.2) is 28.7 Å². The van der Waals surface area contributed by atoms with Gasteiger partial charge in [-0.3, -0.25) is 4.79 Å². The maximum Gasteiger partial charge on any atom is 0.250 e. The molecule has 0 aromatic heterocycles. The van der Waals surface area contributed by atoms with Crippen molar-refractivity contribution >= 4 is 22.0 Å². The minimum atomic E-state index is -3.46. The van der Waals surface area contributed by atoms with Crippen molar-refractivity contribution in [3.63, 3.8) is 0 Å². The van der Waals surface area contributed by atoms with Gasteiger partial charge in [0.15, 0.2) is 0 Å².